The highest BCUT2D eigenvalue weighted by Gasteiger charge is 2.23. The van der Waals surface area contributed by atoms with Crippen molar-refractivity contribution in [1.82, 2.24) is 10.2 Å². The zero-order valence-corrected chi connectivity index (χ0v) is 15.0. The molecule has 2 N–H and O–H groups in total. The van der Waals surface area contributed by atoms with Gasteiger partial charge >= 0.3 is 0 Å². The number of phenols is 1. The van der Waals surface area contributed by atoms with Crippen molar-refractivity contribution < 1.29 is 9.90 Å². The Morgan fingerprint density at radius 1 is 1.20 bits per heavy atom. The van der Waals surface area contributed by atoms with Gasteiger partial charge in [-0.2, -0.15) is 0 Å². The van der Waals surface area contributed by atoms with E-state index in [9.17, 15) is 9.90 Å². The molecule has 25 heavy (non-hydrogen) atoms. The Morgan fingerprint density at radius 3 is 2.80 bits per heavy atom. The molecule has 1 aliphatic rings. The van der Waals surface area contributed by atoms with Crippen LogP contribution in [-0.4, -0.2) is 35.5 Å². The van der Waals surface area contributed by atoms with Gasteiger partial charge in [-0.05, 0) is 56.0 Å². The van der Waals surface area contributed by atoms with Crippen LogP contribution in [0.3, 0.4) is 0 Å². The van der Waals surface area contributed by atoms with E-state index in [-0.39, 0.29) is 11.7 Å². The summed E-state index contributed by atoms with van der Waals surface area (Å²) >= 11 is 0. The summed E-state index contributed by atoms with van der Waals surface area (Å²) in [6.45, 7) is 7.65. The fourth-order valence-electron chi connectivity index (χ4n) is 3.45. The number of nitrogens with one attached hydrogen (secondary N) is 1. The monoisotopic (exact) mass is 338 g/mol. The summed E-state index contributed by atoms with van der Waals surface area (Å²) in [6.07, 6.45) is 1.10. The van der Waals surface area contributed by atoms with Crippen molar-refractivity contribution in [2.24, 2.45) is 5.92 Å². The van der Waals surface area contributed by atoms with Gasteiger partial charge in [-0.15, -0.1) is 0 Å². The smallest absolute Gasteiger partial charge is 0.251 e. The molecule has 1 heterocycles. The molecule has 0 bridgehead atoms. The molecule has 4 nitrogen and oxygen atoms in total. The molecule has 0 unspecified atom stereocenters. The van der Waals surface area contributed by atoms with Gasteiger partial charge in [-0.25, -0.2) is 0 Å². The first-order chi connectivity index (χ1) is 12.0. The van der Waals surface area contributed by atoms with Gasteiger partial charge in [0.05, 0.1) is 0 Å². The van der Waals surface area contributed by atoms with Crippen LogP contribution >= 0.6 is 0 Å². The van der Waals surface area contributed by atoms with Gasteiger partial charge in [0, 0.05) is 30.8 Å². The third kappa shape index (κ3) is 4.20. The number of carbonyl (C=O) groups is 1. The minimum absolute atomic E-state index is 0.106. The van der Waals surface area contributed by atoms with Crippen molar-refractivity contribution in [2.45, 2.75) is 26.8 Å². The molecule has 1 fully saturated rings. The average molecular weight is 338 g/mol. The quantitative estimate of drug-likeness (QED) is 0.880. The first kappa shape index (κ1) is 17.5. The van der Waals surface area contributed by atoms with Gasteiger partial charge < -0.3 is 10.4 Å². The fraction of sp³-hybridized carbons (Fsp3) is 0.381. The van der Waals surface area contributed by atoms with Gasteiger partial charge in [0.1, 0.15) is 5.75 Å². The van der Waals surface area contributed by atoms with E-state index < -0.39 is 0 Å². The maximum absolute atomic E-state index is 12.4. The third-order valence-corrected chi connectivity index (χ3v) is 5.13. The lowest BCUT2D eigenvalue weighted by molar-refractivity contribution is 0.0946. The summed E-state index contributed by atoms with van der Waals surface area (Å²) in [5, 5.41) is 12.8. The number of likely N-dealkylation sites (tertiary alicyclic amines) is 1. The molecule has 3 rings (SSSR count). The second-order valence-electron chi connectivity index (χ2n) is 6.98. The number of aryl methyl sites for hydroxylation is 1. The number of aromatic hydroxyl groups is 1. The van der Waals surface area contributed by atoms with Gasteiger partial charge in [0.25, 0.3) is 5.91 Å². The lowest BCUT2D eigenvalue weighted by Crippen LogP contribution is -2.31. The van der Waals surface area contributed by atoms with E-state index in [2.05, 4.69) is 41.4 Å². The number of amides is 1. The molecule has 0 saturated carbocycles. The molecule has 0 spiro atoms. The molecule has 132 valence electrons. The molecule has 1 atom stereocenters. The van der Waals surface area contributed by atoms with E-state index >= 15 is 0 Å². The highest BCUT2D eigenvalue weighted by molar-refractivity contribution is 5.96. The molecule has 0 aliphatic carbocycles. The normalized spacial score (nSPS) is 17.6. The summed E-state index contributed by atoms with van der Waals surface area (Å²) in [4.78, 5) is 14.8. The van der Waals surface area contributed by atoms with Crippen molar-refractivity contribution in [1.29, 1.82) is 0 Å². The number of hydrogen-bond donors (Lipinski definition) is 2. The molecule has 1 saturated heterocycles. The topological polar surface area (TPSA) is 52.6 Å². The molecule has 0 aromatic heterocycles. The second-order valence-corrected chi connectivity index (χ2v) is 6.98. The molecule has 1 amide bonds. The zero-order chi connectivity index (χ0) is 17.8. The van der Waals surface area contributed by atoms with E-state index in [1.807, 2.05) is 0 Å². The van der Waals surface area contributed by atoms with Crippen LogP contribution < -0.4 is 5.32 Å². The van der Waals surface area contributed by atoms with E-state index in [0.717, 1.165) is 26.1 Å². The van der Waals surface area contributed by atoms with Crippen molar-refractivity contribution >= 4 is 5.91 Å². The summed E-state index contributed by atoms with van der Waals surface area (Å²) in [6, 6.07) is 13.6. The van der Waals surface area contributed by atoms with Crippen LogP contribution in [0.15, 0.2) is 42.5 Å². The Hall–Kier alpha value is -2.33. The van der Waals surface area contributed by atoms with Gasteiger partial charge in [-0.3, -0.25) is 9.69 Å². The predicted octanol–water partition coefficient (Wildman–Crippen LogP) is 3.26. The van der Waals surface area contributed by atoms with E-state index in [1.165, 1.54) is 11.1 Å². The summed E-state index contributed by atoms with van der Waals surface area (Å²) in [5.74, 6) is 0.536. The molecule has 4 heteroatoms. The van der Waals surface area contributed by atoms with Crippen LogP contribution in [0.4, 0.5) is 0 Å². The second kappa shape index (κ2) is 7.70. The maximum atomic E-state index is 12.4. The Balaban J connectivity index is 1.51. The van der Waals surface area contributed by atoms with Crippen LogP contribution in [0.2, 0.25) is 0 Å². The summed E-state index contributed by atoms with van der Waals surface area (Å²) in [7, 11) is 0. The highest BCUT2D eigenvalue weighted by atomic mass is 16.3. The Bertz CT molecular complexity index is 757. The van der Waals surface area contributed by atoms with Crippen molar-refractivity contribution in [3.05, 3.63) is 64.7 Å². The summed E-state index contributed by atoms with van der Waals surface area (Å²) in [5.41, 5.74) is 3.89. The number of rotatable bonds is 5. The van der Waals surface area contributed by atoms with E-state index in [0.29, 0.717) is 23.6 Å². The molecular weight excluding hydrogens is 312 g/mol. The van der Waals surface area contributed by atoms with Crippen LogP contribution in [-0.2, 0) is 6.54 Å². The number of benzene rings is 2. The number of phenolic OH excluding ortho intramolecular Hbond substituents is 1. The number of hydrogen-bond acceptors (Lipinski definition) is 3. The van der Waals surface area contributed by atoms with Gasteiger partial charge in [0.15, 0.2) is 0 Å². The third-order valence-electron chi connectivity index (χ3n) is 5.13. The molecular formula is C21H26N2O2. The van der Waals surface area contributed by atoms with Gasteiger partial charge in [0.2, 0.25) is 0 Å². The zero-order valence-electron chi connectivity index (χ0n) is 15.0. The van der Waals surface area contributed by atoms with Crippen molar-refractivity contribution in [2.75, 3.05) is 19.6 Å². The molecule has 2 aromatic carbocycles. The Labute approximate surface area is 149 Å². The van der Waals surface area contributed by atoms with E-state index in [1.54, 1.807) is 25.1 Å². The largest absolute Gasteiger partial charge is 0.508 e. The average Bonchev–Trinajstić information content (AvgIpc) is 3.05. The Morgan fingerprint density at radius 2 is 2.00 bits per heavy atom. The first-order valence-corrected chi connectivity index (χ1v) is 8.88. The number of carbonyl (C=O) groups excluding carboxylic acids is 1. The molecule has 0 radical (unpaired) electrons. The fourth-order valence-corrected chi connectivity index (χ4v) is 3.45. The van der Waals surface area contributed by atoms with Gasteiger partial charge in [-0.1, -0.05) is 30.3 Å². The highest BCUT2D eigenvalue weighted by Crippen LogP contribution is 2.21. The maximum Gasteiger partial charge on any atom is 0.251 e. The number of nitrogens with zero attached hydrogens (tertiary/aromatic N) is 1. The molecule has 2 aromatic rings. The SMILES string of the molecule is Cc1ccccc1CN1CC[C@@H](CNC(=O)c2cccc(O)c2C)C1. The van der Waals surface area contributed by atoms with Crippen molar-refractivity contribution in [3.8, 4) is 5.75 Å². The standard InChI is InChI=1S/C21H26N2O2/c1-15-6-3-4-7-18(15)14-23-11-10-17(13-23)12-22-21(25)19-8-5-9-20(24)16(19)2/h3-9,17,24H,10-14H2,1-2H3,(H,22,25)/t17-/m0/s1. The first-order valence-electron chi connectivity index (χ1n) is 8.88. The minimum atomic E-state index is -0.106. The minimum Gasteiger partial charge on any atom is -0.508 e. The lowest BCUT2D eigenvalue weighted by Gasteiger charge is -2.18. The lowest BCUT2D eigenvalue weighted by atomic mass is 10.1. The van der Waals surface area contributed by atoms with Crippen LogP contribution in [0.5, 0.6) is 5.75 Å². The molecule has 1 aliphatic heterocycles. The summed E-state index contributed by atoms with van der Waals surface area (Å²) < 4.78 is 0. The van der Waals surface area contributed by atoms with E-state index in [4.69, 9.17) is 0 Å². The Kier molecular flexibility index (Phi) is 5.39. The van der Waals surface area contributed by atoms with Crippen LogP contribution in [0.25, 0.3) is 0 Å². The van der Waals surface area contributed by atoms with Crippen molar-refractivity contribution in [3.63, 3.8) is 0 Å². The predicted molar refractivity (Wildman–Crippen MR) is 99.7 cm³/mol. The van der Waals surface area contributed by atoms with Crippen LogP contribution in [0, 0.1) is 19.8 Å². The van der Waals surface area contributed by atoms with Crippen LogP contribution in [0.1, 0.15) is 33.5 Å².